The maximum Gasteiger partial charge on any atom is 0.255 e. The first-order chi connectivity index (χ1) is 13.0. The number of carbonyl (C=O) groups is 2. The summed E-state index contributed by atoms with van der Waals surface area (Å²) in [6.07, 6.45) is -0.154. The summed E-state index contributed by atoms with van der Waals surface area (Å²) < 4.78 is 5.51. The number of hydrogen-bond acceptors (Lipinski definition) is 4. The number of carbonyl (C=O) groups excluding carboxylic acids is 2. The second kappa shape index (κ2) is 8.79. The van der Waals surface area contributed by atoms with Crippen molar-refractivity contribution in [3.63, 3.8) is 0 Å². The van der Waals surface area contributed by atoms with Crippen molar-refractivity contribution < 1.29 is 14.3 Å². The highest BCUT2D eigenvalue weighted by molar-refractivity contribution is 6.04. The standard InChI is InChI=1S/C21H25N3O3/c1-14-6-8-17(9-7-14)20(25)24-18-5-3-4-16(12-18)13-23-21(26)19-15(2)27-11-10-22-19/h3-9,12,15,19,22H,10-11,13H2,1-2H3,(H,23,26)(H,24,25)/t15-,19+/m1/s1. The zero-order chi connectivity index (χ0) is 19.2. The van der Waals surface area contributed by atoms with Crippen molar-refractivity contribution in [2.75, 3.05) is 18.5 Å². The molecular weight excluding hydrogens is 342 g/mol. The van der Waals surface area contributed by atoms with Crippen LogP contribution in [0.4, 0.5) is 5.69 Å². The Kier molecular flexibility index (Phi) is 6.21. The average Bonchev–Trinajstić information content (AvgIpc) is 2.67. The summed E-state index contributed by atoms with van der Waals surface area (Å²) in [5, 5.41) is 8.99. The SMILES string of the molecule is Cc1ccc(C(=O)Nc2cccc(CNC(=O)[C@H]3NCCO[C@@H]3C)c2)cc1. The Balaban J connectivity index is 1.57. The summed E-state index contributed by atoms with van der Waals surface area (Å²) in [4.78, 5) is 24.7. The van der Waals surface area contributed by atoms with Crippen LogP contribution in [-0.4, -0.2) is 37.1 Å². The Morgan fingerprint density at radius 1 is 1.19 bits per heavy atom. The van der Waals surface area contributed by atoms with Crippen molar-refractivity contribution in [1.29, 1.82) is 0 Å². The third-order valence-electron chi connectivity index (χ3n) is 4.56. The summed E-state index contributed by atoms with van der Waals surface area (Å²) in [6, 6.07) is 14.5. The zero-order valence-corrected chi connectivity index (χ0v) is 15.6. The topological polar surface area (TPSA) is 79.5 Å². The normalized spacial score (nSPS) is 19.3. The Bertz CT molecular complexity index is 805. The highest BCUT2D eigenvalue weighted by Gasteiger charge is 2.27. The van der Waals surface area contributed by atoms with Crippen LogP contribution in [0.1, 0.15) is 28.4 Å². The molecule has 2 aromatic rings. The second-order valence-corrected chi connectivity index (χ2v) is 6.75. The molecule has 27 heavy (non-hydrogen) atoms. The van der Waals surface area contributed by atoms with Crippen molar-refractivity contribution in [1.82, 2.24) is 10.6 Å². The first-order valence-electron chi connectivity index (χ1n) is 9.12. The predicted octanol–water partition coefficient (Wildman–Crippen LogP) is 2.24. The average molecular weight is 367 g/mol. The predicted molar refractivity (Wildman–Crippen MR) is 105 cm³/mol. The number of benzene rings is 2. The van der Waals surface area contributed by atoms with Crippen LogP contribution in [0, 0.1) is 6.92 Å². The highest BCUT2D eigenvalue weighted by atomic mass is 16.5. The van der Waals surface area contributed by atoms with Gasteiger partial charge in [0.25, 0.3) is 5.91 Å². The molecule has 2 aromatic carbocycles. The number of ether oxygens (including phenoxy) is 1. The smallest absolute Gasteiger partial charge is 0.255 e. The van der Waals surface area contributed by atoms with E-state index in [0.29, 0.717) is 30.9 Å². The minimum atomic E-state index is -0.344. The second-order valence-electron chi connectivity index (χ2n) is 6.75. The minimum absolute atomic E-state index is 0.0868. The molecule has 3 N–H and O–H groups in total. The van der Waals surface area contributed by atoms with Gasteiger partial charge in [-0.05, 0) is 43.7 Å². The van der Waals surface area contributed by atoms with Gasteiger partial charge in [-0.1, -0.05) is 29.8 Å². The van der Waals surface area contributed by atoms with Gasteiger partial charge in [-0.2, -0.15) is 0 Å². The summed E-state index contributed by atoms with van der Waals surface area (Å²) in [5.74, 6) is -0.246. The molecule has 0 radical (unpaired) electrons. The zero-order valence-electron chi connectivity index (χ0n) is 15.6. The van der Waals surface area contributed by atoms with Crippen LogP contribution >= 0.6 is 0 Å². The number of rotatable bonds is 5. The van der Waals surface area contributed by atoms with Crippen LogP contribution in [0.3, 0.4) is 0 Å². The first kappa shape index (κ1) is 19.1. The fraction of sp³-hybridized carbons (Fsp3) is 0.333. The summed E-state index contributed by atoms with van der Waals surface area (Å²) in [5.41, 5.74) is 3.32. The van der Waals surface area contributed by atoms with Crippen molar-refractivity contribution >= 4 is 17.5 Å². The van der Waals surface area contributed by atoms with Crippen LogP contribution in [0.25, 0.3) is 0 Å². The molecule has 0 aliphatic carbocycles. The fourth-order valence-corrected chi connectivity index (χ4v) is 2.99. The maximum atomic E-state index is 12.3. The molecule has 1 fully saturated rings. The Hall–Kier alpha value is -2.70. The molecule has 1 heterocycles. The number of hydrogen-bond donors (Lipinski definition) is 3. The van der Waals surface area contributed by atoms with E-state index in [9.17, 15) is 9.59 Å². The van der Waals surface area contributed by atoms with Gasteiger partial charge in [0.05, 0.1) is 12.7 Å². The largest absolute Gasteiger partial charge is 0.375 e. The molecule has 0 spiro atoms. The lowest BCUT2D eigenvalue weighted by Crippen LogP contribution is -2.55. The highest BCUT2D eigenvalue weighted by Crippen LogP contribution is 2.13. The van der Waals surface area contributed by atoms with Crippen LogP contribution in [0.2, 0.25) is 0 Å². The molecule has 1 aliphatic rings. The molecule has 0 saturated carbocycles. The number of nitrogens with one attached hydrogen (secondary N) is 3. The lowest BCUT2D eigenvalue weighted by molar-refractivity contribution is -0.129. The monoisotopic (exact) mass is 367 g/mol. The van der Waals surface area contributed by atoms with Gasteiger partial charge in [0.15, 0.2) is 0 Å². The number of amides is 2. The number of aryl methyl sites for hydroxylation is 1. The number of anilines is 1. The van der Waals surface area contributed by atoms with Crippen molar-refractivity contribution in [2.24, 2.45) is 0 Å². The summed E-state index contributed by atoms with van der Waals surface area (Å²) in [7, 11) is 0. The van der Waals surface area contributed by atoms with Gasteiger partial charge in [-0.15, -0.1) is 0 Å². The van der Waals surface area contributed by atoms with Crippen molar-refractivity contribution in [2.45, 2.75) is 32.5 Å². The Labute approximate surface area is 159 Å². The van der Waals surface area contributed by atoms with Gasteiger partial charge in [0.1, 0.15) is 6.04 Å². The lowest BCUT2D eigenvalue weighted by atomic mass is 10.1. The van der Waals surface area contributed by atoms with Crippen LogP contribution in [0.15, 0.2) is 48.5 Å². The van der Waals surface area contributed by atoms with E-state index in [-0.39, 0.29) is 24.0 Å². The summed E-state index contributed by atoms with van der Waals surface area (Å²) in [6.45, 7) is 5.54. The molecule has 1 aliphatic heterocycles. The van der Waals surface area contributed by atoms with E-state index in [1.165, 1.54) is 0 Å². The van der Waals surface area contributed by atoms with Crippen molar-refractivity contribution in [3.05, 3.63) is 65.2 Å². The third-order valence-corrected chi connectivity index (χ3v) is 4.56. The van der Waals surface area contributed by atoms with E-state index in [1.54, 1.807) is 12.1 Å². The van der Waals surface area contributed by atoms with E-state index in [4.69, 9.17) is 4.74 Å². The quantitative estimate of drug-likeness (QED) is 0.757. The Morgan fingerprint density at radius 2 is 1.96 bits per heavy atom. The van der Waals surface area contributed by atoms with Crippen LogP contribution in [0.5, 0.6) is 0 Å². The van der Waals surface area contributed by atoms with Gasteiger partial charge in [-0.25, -0.2) is 0 Å². The van der Waals surface area contributed by atoms with Crippen molar-refractivity contribution in [3.8, 4) is 0 Å². The molecule has 6 heteroatoms. The molecule has 2 amide bonds. The van der Waals surface area contributed by atoms with Crippen LogP contribution in [-0.2, 0) is 16.1 Å². The molecule has 142 valence electrons. The number of morpholine rings is 1. The fourth-order valence-electron chi connectivity index (χ4n) is 2.99. The molecule has 1 saturated heterocycles. The van der Waals surface area contributed by atoms with Gasteiger partial charge >= 0.3 is 0 Å². The molecule has 3 rings (SSSR count). The van der Waals surface area contributed by atoms with Crippen LogP contribution < -0.4 is 16.0 Å². The maximum absolute atomic E-state index is 12.3. The summed E-state index contributed by atoms with van der Waals surface area (Å²) >= 11 is 0. The lowest BCUT2D eigenvalue weighted by Gasteiger charge is -2.29. The van der Waals surface area contributed by atoms with E-state index >= 15 is 0 Å². The molecular formula is C21H25N3O3. The van der Waals surface area contributed by atoms with Gasteiger partial charge in [0.2, 0.25) is 5.91 Å². The minimum Gasteiger partial charge on any atom is -0.375 e. The Morgan fingerprint density at radius 3 is 2.70 bits per heavy atom. The van der Waals surface area contributed by atoms with E-state index in [0.717, 1.165) is 11.1 Å². The molecule has 0 unspecified atom stereocenters. The van der Waals surface area contributed by atoms with Gasteiger partial charge < -0.3 is 20.7 Å². The first-order valence-corrected chi connectivity index (χ1v) is 9.12. The molecule has 6 nitrogen and oxygen atoms in total. The van der Waals surface area contributed by atoms with Gasteiger partial charge in [0, 0.05) is 24.3 Å². The molecule has 0 bridgehead atoms. The molecule has 0 aromatic heterocycles. The van der Waals surface area contributed by atoms with E-state index in [1.807, 2.05) is 50.2 Å². The molecule has 2 atom stereocenters. The third kappa shape index (κ3) is 5.15. The van der Waals surface area contributed by atoms with Gasteiger partial charge in [-0.3, -0.25) is 9.59 Å². The van der Waals surface area contributed by atoms with E-state index < -0.39 is 0 Å². The van der Waals surface area contributed by atoms with E-state index in [2.05, 4.69) is 16.0 Å².